The Balaban J connectivity index is 2.26. The normalized spacial score (nSPS) is 16.9. The van der Waals surface area contributed by atoms with Crippen LogP contribution in [0.3, 0.4) is 0 Å². The third-order valence-electron chi connectivity index (χ3n) is 3.60. The van der Waals surface area contributed by atoms with E-state index in [1.807, 2.05) is 13.0 Å². The quantitative estimate of drug-likeness (QED) is 0.659. The molecule has 0 amide bonds. The molecule has 1 saturated heterocycles. The molecule has 98 valence electrons. The molecule has 1 N–H and O–H groups in total. The largest absolute Gasteiger partial charge is 0.396 e. The van der Waals surface area contributed by atoms with Crippen molar-refractivity contribution >= 4 is 11.4 Å². The fraction of sp³-hybridized carbons (Fsp3) is 0.538. The van der Waals surface area contributed by atoms with Gasteiger partial charge in [-0.3, -0.25) is 10.1 Å². The molecule has 5 heteroatoms. The smallest absolute Gasteiger partial charge is 0.292 e. The summed E-state index contributed by atoms with van der Waals surface area (Å²) in [4.78, 5) is 12.8. The van der Waals surface area contributed by atoms with Gasteiger partial charge >= 0.3 is 0 Å². The van der Waals surface area contributed by atoms with Crippen LogP contribution in [0.25, 0.3) is 0 Å². The first kappa shape index (κ1) is 12.8. The Morgan fingerprint density at radius 1 is 1.44 bits per heavy atom. The minimum Gasteiger partial charge on any atom is -0.396 e. The van der Waals surface area contributed by atoms with Crippen molar-refractivity contribution in [2.45, 2.75) is 19.8 Å². The molecule has 0 radical (unpaired) electrons. The number of hydrogen-bond acceptors (Lipinski definition) is 4. The van der Waals surface area contributed by atoms with E-state index in [4.69, 9.17) is 5.11 Å². The van der Waals surface area contributed by atoms with Crippen LogP contribution in [0.1, 0.15) is 18.4 Å². The van der Waals surface area contributed by atoms with Crippen LogP contribution in [-0.2, 0) is 0 Å². The number of hydrogen-bond donors (Lipinski definition) is 1. The number of nitrogens with zero attached hydrogens (tertiary/aromatic N) is 2. The molecular weight excluding hydrogens is 232 g/mol. The van der Waals surface area contributed by atoms with E-state index in [2.05, 4.69) is 4.90 Å². The van der Waals surface area contributed by atoms with Gasteiger partial charge in [-0.2, -0.15) is 0 Å². The Morgan fingerprint density at radius 3 is 2.67 bits per heavy atom. The molecule has 5 nitrogen and oxygen atoms in total. The zero-order valence-electron chi connectivity index (χ0n) is 10.5. The molecule has 1 heterocycles. The molecule has 1 aromatic rings. The van der Waals surface area contributed by atoms with E-state index in [1.165, 1.54) is 0 Å². The number of aliphatic hydroxyl groups is 1. The third-order valence-corrected chi connectivity index (χ3v) is 3.60. The minimum atomic E-state index is -0.319. The second kappa shape index (κ2) is 5.35. The van der Waals surface area contributed by atoms with E-state index >= 15 is 0 Å². The van der Waals surface area contributed by atoms with E-state index in [0.29, 0.717) is 5.92 Å². The first-order valence-corrected chi connectivity index (χ1v) is 6.23. The summed E-state index contributed by atoms with van der Waals surface area (Å²) in [6.45, 7) is 3.66. The van der Waals surface area contributed by atoms with E-state index in [1.54, 1.807) is 12.1 Å². The van der Waals surface area contributed by atoms with Crippen molar-refractivity contribution in [2.75, 3.05) is 24.6 Å². The molecule has 1 aliphatic rings. The summed E-state index contributed by atoms with van der Waals surface area (Å²) < 4.78 is 0. The standard InChI is InChI=1S/C13H18N2O3/c1-10-3-2-4-12(15(17)18)13(10)14-7-5-11(9-16)6-8-14/h2-4,11,16H,5-9H2,1H3. The number of piperidine rings is 1. The van der Waals surface area contributed by atoms with Crippen LogP contribution >= 0.6 is 0 Å². The van der Waals surface area contributed by atoms with Gasteiger partial charge in [-0.05, 0) is 31.2 Å². The molecule has 0 spiro atoms. The highest BCUT2D eigenvalue weighted by molar-refractivity contribution is 5.67. The predicted molar refractivity (Wildman–Crippen MR) is 69.9 cm³/mol. The zero-order chi connectivity index (χ0) is 13.1. The molecule has 0 atom stereocenters. The molecule has 0 aromatic heterocycles. The fourth-order valence-corrected chi connectivity index (χ4v) is 2.54. The first-order chi connectivity index (χ1) is 8.63. The topological polar surface area (TPSA) is 66.6 Å². The second-order valence-corrected chi connectivity index (χ2v) is 4.81. The Labute approximate surface area is 106 Å². The molecule has 0 saturated carbocycles. The van der Waals surface area contributed by atoms with Crippen molar-refractivity contribution in [1.82, 2.24) is 0 Å². The summed E-state index contributed by atoms with van der Waals surface area (Å²) in [5, 5.41) is 20.2. The van der Waals surface area contributed by atoms with Crippen molar-refractivity contribution in [1.29, 1.82) is 0 Å². The Hall–Kier alpha value is -1.62. The van der Waals surface area contributed by atoms with Crippen molar-refractivity contribution in [3.8, 4) is 0 Å². The Bertz CT molecular complexity index is 440. The summed E-state index contributed by atoms with van der Waals surface area (Å²) in [5.74, 6) is 0.337. The first-order valence-electron chi connectivity index (χ1n) is 6.23. The number of nitro groups is 1. The van der Waals surface area contributed by atoms with Gasteiger partial charge in [0.05, 0.1) is 4.92 Å². The minimum absolute atomic E-state index is 0.178. The molecule has 1 fully saturated rings. The summed E-state index contributed by atoms with van der Waals surface area (Å²) in [5.41, 5.74) is 1.85. The van der Waals surface area contributed by atoms with Crippen LogP contribution in [0.5, 0.6) is 0 Å². The molecule has 0 aliphatic carbocycles. The van der Waals surface area contributed by atoms with Gasteiger partial charge in [-0.1, -0.05) is 12.1 Å². The van der Waals surface area contributed by atoms with Crippen LogP contribution in [0, 0.1) is 23.0 Å². The summed E-state index contributed by atoms with van der Waals surface area (Å²) in [6.07, 6.45) is 1.78. The molecule has 1 aromatic carbocycles. The lowest BCUT2D eigenvalue weighted by molar-refractivity contribution is -0.384. The van der Waals surface area contributed by atoms with Crippen LogP contribution in [0.15, 0.2) is 18.2 Å². The van der Waals surface area contributed by atoms with Crippen molar-refractivity contribution in [3.05, 3.63) is 33.9 Å². The van der Waals surface area contributed by atoms with Crippen LogP contribution in [-0.4, -0.2) is 29.7 Å². The van der Waals surface area contributed by atoms with Crippen LogP contribution in [0.4, 0.5) is 11.4 Å². The lowest BCUT2D eigenvalue weighted by Crippen LogP contribution is -2.35. The molecule has 18 heavy (non-hydrogen) atoms. The highest BCUT2D eigenvalue weighted by Crippen LogP contribution is 2.34. The maximum atomic E-state index is 11.1. The van der Waals surface area contributed by atoms with Gasteiger partial charge in [0.15, 0.2) is 0 Å². The maximum absolute atomic E-state index is 11.1. The monoisotopic (exact) mass is 250 g/mol. The summed E-state index contributed by atoms with van der Waals surface area (Å²) >= 11 is 0. The predicted octanol–water partition coefficient (Wildman–Crippen LogP) is 2.11. The lowest BCUT2D eigenvalue weighted by Gasteiger charge is -2.33. The fourth-order valence-electron chi connectivity index (χ4n) is 2.54. The zero-order valence-corrected chi connectivity index (χ0v) is 10.5. The lowest BCUT2D eigenvalue weighted by atomic mass is 9.96. The van der Waals surface area contributed by atoms with E-state index in [-0.39, 0.29) is 17.2 Å². The average Bonchev–Trinajstić information content (AvgIpc) is 2.38. The van der Waals surface area contributed by atoms with E-state index < -0.39 is 0 Å². The maximum Gasteiger partial charge on any atom is 0.292 e. The van der Waals surface area contributed by atoms with Gasteiger partial charge in [0.25, 0.3) is 5.69 Å². The molecule has 0 unspecified atom stereocenters. The highest BCUT2D eigenvalue weighted by Gasteiger charge is 2.25. The van der Waals surface area contributed by atoms with Crippen LogP contribution < -0.4 is 4.90 Å². The van der Waals surface area contributed by atoms with Gasteiger partial charge < -0.3 is 10.0 Å². The number of para-hydroxylation sites is 1. The number of nitro benzene ring substituents is 1. The van der Waals surface area contributed by atoms with Crippen LogP contribution in [0.2, 0.25) is 0 Å². The molecule has 2 rings (SSSR count). The number of anilines is 1. The Morgan fingerprint density at radius 2 is 2.11 bits per heavy atom. The van der Waals surface area contributed by atoms with Gasteiger partial charge in [-0.15, -0.1) is 0 Å². The number of aliphatic hydroxyl groups excluding tert-OH is 1. The molecule has 1 aliphatic heterocycles. The molecule has 0 bridgehead atoms. The van der Waals surface area contributed by atoms with Gasteiger partial charge in [0.1, 0.15) is 5.69 Å². The van der Waals surface area contributed by atoms with Crippen molar-refractivity contribution in [3.63, 3.8) is 0 Å². The van der Waals surface area contributed by atoms with E-state index in [9.17, 15) is 10.1 Å². The summed E-state index contributed by atoms with van der Waals surface area (Å²) in [6, 6.07) is 5.18. The third kappa shape index (κ3) is 2.46. The average molecular weight is 250 g/mol. The summed E-state index contributed by atoms with van der Waals surface area (Å²) in [7, 11) is 0. The molecular formula is C13H18N2O3. The Kier molecular flexibility index (Phi) is 3.81. The second-order valence-electron chi connectivity index (χ2n) is 4.81. The van der Waals surface area contributed by atoms with E-state index in [0.717, 1.165) is 37.2 Å². The van der Waals surface area contributed by atoms with Crippen molar-refractivity contribution in [2.24, 2.45) is 5.92 Å². The number of aryl methyl sites for hydroxylation is 1. The highest BCUT2D eigenvalue weighted by atomic mass is 16.6. The number of benzene rings is 1. The van der Waals surface area contributed by atoms with Gasteiger partial charge in [0.2, 0.25) is 0 Å². The van der Waals surface area contributed by atoms with Gasteiger partial charge in [0, 0.05) is 25.8 Å². The van der Waals surface area contributed by atoms with Crippen molar-refractivity contribution < 1.29 is 10.0 Å². The SMILES string of the molecule is Cc1cccc([N+](=O)[O-])c1N1CCC(CO)CC1. The van der Waals surface area contributed by atoms with Gasteiger partial charge in [-0.25, -0.2) is 0 Å². The number of rotatable bonds is 3.